The van der Waals surface area contributed by atoms with Crippen molar-refractivity contribution in [1.82, 2.24) is 4.31 Å². The van der Waals surface area contributed by atoms with Crippen LogP contribution < -0.4 is 5.32 Å². The average Bonchev–Trinajstić information content (AvgIpc) is 2.51. The van der Waals surface area contributed by atoms with Crippen LogP contribution in [0.5, 0.6) is 0 Å². The fourth-order valence-corrected chi connectivity index (χ4v) is 4.09. The summed E-state index contributed by atoms with van der Waals surface area (Å²) in [6, 6.07) is 5.88. The Bertz CT molecular complexity index is 958. The van der Waals surface area contributed by atoms with E-state index >= 15 is 0 Å². The van der Waals surface area contributed by atoms with Crippen LogP contribution in [0.1, 0.15) is 16.7 Å². The molecule has 24 heavy (non-hydrogen) atoms. The van der Waals surface area contributed by atoms with Gasteiger partial charge in [-0.15, -0.1) is 0 Å². The number of anilines is 1. The molecule has 0 spiro atoms. The summed E-state index contributed by atoms with van der Waals surface area (Å²) in [4.78, 5) is 12.1. The van der Waals surface area contributed by atoms with Crippen molar-refractivity contribution < 1.29 is 22.0 Å². The van der Waals surface area contributed by atoms with E-state index in [1.165, 1.54) is 25.1 Å². The Kier molecular flexibility index (Phi) is 3.79. The van der Waals surface area contributed by atoms with Gasteiger partial charge in [-0.3, -0.25) is 0 Å². The minimum Gasteiger partial charge on any atom is -0.305 e. The molecule has 0 bridgehead atoms. The number of hydrogen-bond donors (Lipinski definition) is 1. The van der Waals surface area contributed by atoms with Gasteiger partial charge in [0.1, 0.15) is 16.5 Å². The molecule has 0 saturated carbocycles. The number of sulfonamides is 1. The summed E-state index contributed by atoms with van der Waals surface area (Å²) in [6.07, 6.45) is 0. The second-order valence-electron chi connectivity index (χ2n) is 5.55. The van der Waals surface area contributed by atoms with Gasteiger partial charge >= 0.3 is 6.03 Å². The second-order valence-corrected chi connectivity index (χ2v) is 7.38. The number of urea groups is 1. The highest BCUT2D eigenvalue weighted by Crippen LogP contribution is 2.34. The van der Waals surface area contributed by atoms with Gasteiger partial charge in [0.2, 0.25) is 0 Å². The molecule has 0 unspecified atom stereocenters. The Balaban J connectivity index is 2.11. The molecule has 2 aromatic rings. The van der Waals surface area contributed by atoms with Gasteiger partial charge in [0.05, 0.1) is 12.2 Å². The molecule has 1 aliphatic heterocycles. The lowest BCUT2D eigenvalue weighted by molar-refractivity contribution is 0.233. The normalized spacial score (nSPS) is 15.8. The van der Waals surface area contributed by atoms with E-state index < -0.39 is 39.8 Å². The SMILES string of the molecule is Cc1ccc(F)c(CN2C(=O)Nc3c(C)cccc3S2(=O)=O)c1F. The zero-order valence-electron chi connectivity index (χ0n) is 12.9. The van der Waals surface area contributed by atoms with Crippen molar-refractivity contribution in [3.8, 4) is 0 Å². The van der Waals surface area contributed by atoms with E-state index in [9.17, 15) is 22.0 Å². The lowest BCUT2D eigenvalue weighted by Gasteiger charge is -2.29. The number of nitrogens with one attached hydrogen (secondary N) is 1. The maximum atomic E-state index is 14.2. The van der Waals surface area contributed by atoms with Crippen LogP contribution in [-0.2, 0) is 16.6 Å². The van der Waals surface area contributed by atoms with E-state index in [0.29, 0.717) is 9.87 Å². The summed E-state index contributed by atoms with van der Waals surface area (Å²) in [7, 11) is -4.21. The van der Waals surface area contributed by atoms with E-state index in [0.717, 1.165) is 6.07 Å². The number of nitrogens with zero attached hydrogens (tertiary/aromatic N) is 1. The smallest absolute Gasteiger partial charge is 0.305 e. The van der Waals surface area contributed by atoms with Gasteiger partial charge in [-0.2, -0.15) is 0 Å². The molecule has 1 aliphatic rings. The number of carbonyl (C=O) groups excluding carboxylic acids is 1. The minimum absolute atomic E-state index is 0.101. The van der Waals surface area contributed by atoms with Gasteiger partial charge in [-0.25, -0.2) is 26.3 Å². The van der Waals surface area contributed by atoms with Crippen molar-refractivity contribution in [3.63, 3.8) is 0 Å². The highest BCUT2D eigenvalue weighted by Gasteiger charge is 2.38. The first-order valence-electron chi connectivity index (χ1n) is 7.10. The van der Waals surface area contributed by atoms with Crippen LogP contribution in [0.2, 0.25) is 0 Å². The summed E-state index contributed by atoms with van der Waals surface area (Å²) in [5.74, 6) is -1.77. The van der Waals surface area contributed by atoms with E-state index in [2.05, 4.69) is 5.32 Å². The van der Waals surface area contributed by atoms with Crippen molar-refractivity contribution in [2.24, 2.45) is 0 Å². The highest BCUT2D eigenvalue weighted by atomic mass is 32.2. The fourth-order valence-electron chi connectivity index (χ4n) is 2.57. The zero-order valence-corrected chi connectivity index (χ0v) is 13.7. The number of amides is 2. The average molecular weight is 352 g/mol. The highest BCUT2D eigenvalue weighted by molar-refractivity contribution is 7.90. The molecule has 3 rings (SSSR count). The summed E-state index contributed by atoms with van der Waals surface area (Å²) in [5, 5.41) is 2.47. The lowest BCUT2D eigenvalue weighted by atomic mass is 10.1. The number of aryl methyl sites for hydroxylation is 2. The van der Waals surface area contributed by atoms with E-state index in [1.54, 1.807) is 13.0 Å². The Hall–Kier alpha value is -2.48. The van der Waals surface area contributed by atoms with Crippen molar-refractivity contribution in [3.05, 3.63) is 58.7 Å². The van der Waals surface area contributed by atoms with Gasteiger partial charge in [0, 0.05) is 5.56 Å². The first kappa shape index (κ1) is 16.4. The first-order valence-corrected chi connectivity index (χ1v) is 8.54. The van der Waals surface area contributed by atoms with E-state index in [1.807, 2.05) is 0 Å². The number of halogens is 2. The lowest BCUT2D eigenvalue weighted by Crippen LogP contribution is -2.44. The molecule has 0 fully saturated rings. The van der Waals surface area contributed by atoms with Crippen molar-refractivity contribution in [2.75, 3.05) is 5.32 Å². The van der Waals surface area contributed by atoms with Crippen LogP contribution in [-0.4, -0.2) is 18.8 Å². The molecule has 1 N–H and O–H groups in total. The molecule has 0 aliphatic carbocycles. The van der Waals surface area contributed by atoms with E-state index in [-0.39, 0.29) is 16.1 Å². The minimum atomic E-state index is -4.21. The number of carbonyl (C=O) groups is 1. The van der Waals surface area contributed by atoms with Gasteiger partial charge in [-0.05, 0) is 37.1 Å². The predicted octanol–water partition coefficient (Wildman–Crippen LogP) is 3.32. The van der Waals surface area contributed by atoms with Crippen molar-refractivity contribution in [2.45, 2.75) is 25.3 Å². The Morgan fingerprint density at radius 1 is 1.08 bits per heavy atom. The maximum absolute atomic E-state index is 14.2. The number of fused-ring (bicyclic) bond motifs is 1. The second kappa shape index (κ2) is 5.55. The molecule has 1 heterocycles. The van der Waals surface area contributed by atoms with Crippen molar-refractivity contribution in [1.29, 1.82) is 0 Å². The van der Waals surface area contributed by atoms with Gasteiger partial charge in [0.25, 0.3) is 10.0 Å². The zero-order chi connectivity index (χ0) is 17.6. The number of para-hydroxylation sites is 1. The first-order chi connectivity index (χ1) is 11.2. The molecule has 2 amide bonds. The van der Waals surface area contributed by atoms with Crippen LogP contribution in [0.15, 0.2) is 35.2 Å². The third-order valence-electron chi connectivity index (χ3n) is 3.94. The number of benzene rings is 2. The quantitative estimate of drug-likeness (QED) is 0.902. The fraction of sp³-hybridized carbons (Fsp3) is 0.188. The monoisotopic (exact) mass is 352 g/mol. The molecule has 0 atom stereocenters. The topological polar surface area (TPSA) is 66.5 Å². The molecule has 126 valence electrons. The van der Waals surface area contributed by atoms with Crippen LogP contribution in [0.25, 0.3) is 0 Å². The molecule has 0 saturated heterocycles. The van der Waals surface area contributed by atoms with Crippen LogP contribution in [0.4, 0.5) is 19.3 Å². The third-order valence-corrected chi connectivity index (χ3v) is 5.71. The molecular weight excluding hydrogens is 338 g/mol. The van der Waals surface area contributed by atoms with E-state index in [4.69, 9.17) is 0 Å². The van der Waals surface area contributed by atoms with Gasteiger partial charge in [-0.1, -0.05) is 18.2 Å². The largest absolute Gasteiger partial charge is 0.336 e. The summed E-state index contributed by atoms with van der Waals surface area (Å²) < 4.78 is 53.9. The number of hydrogen-bond acceptors (Lipinski definition) is 3. The molecule has 0 aromatic heterocycles. The van der Waals surface area contributed by atoms with Crippen molar-refractivity contribution >= 4 is 21.7 Å². The molecule has 2 aromatic carbocycles. The number of rotatable bonds is 2. The summed E-state index contributed by atoms with van der Waals surface area (Å²) in [5.41, 5.74) is 0.461. The van der Waals surface area contributed by atoms with Gasteiger partial charge < -0.3 is 5.32 Å². The van der Waals surface area contributed by atoms with Gasteiger partial charge in [0.15, 0.2) is 0 Å². The maximum Gasteiger partial charge on any atom is 0.336 e. The third kappa shape index (κ3) is 2.43. The molecule has 8 heteroatoms. The predicted molar refractivity (Wildman–Crippen MR) is 84.0 cm³/mol. The molecule has 5 nitrogen and oxygen atoms in total. The van der Waals surface area contributed by atoms with Crippen LogP contribution in [0.3, 0.4) is 0 Å². The Morgan fingerprint density at radius 2 is 1.79 bits per heavy atom. The Morgan fingerprint density at radius 3 is 2.50 bits per heavy atom. The Labute approximate surface area is 138 Å². The molecular formula is C16H14F2N2O3S. The summed E-state index contributed by atoms with van der Waals surface area (Å²) >= 11 is 0. The van der Waals surface area contributed by atoms with Crippen LogP contribution >= 0.6 is 0 Å². The summed E-state index contributed by atoms with van der Waals surface area (Å²) in [6.45, 7) is 2.37. The van der Waals surface area contributed by atoms with Crippen LogP contribution in [0, 0.1) is 25.5 Å². The molecule has 0 radical (unpaired) electrons. The standard InChI is InChI=1S/C16H14F2N2O3S/c1-9-6-7-12(17)11(14(9)18)8-20-16(21)19-15-10(2)4-3-5-13(15)24(20,22)23/h3-7H,8H2,1-2H3,(H,19,21).